The maximum absolute atomic E-state index is 11.9. The van der Waals surface area contributed by atoms with Gasteiger partial charge in [-0.25, -0.2) is 18.4 Å². The Morgan fingerprint density at radius 3 is 2.67 bits per heavy atom. The van der Waals surface area contributed by atoms with Crippen molar-refractivity contribution < 1.29 is 8.42 Å². The van der Waals surface area contributed by atoms with Gasteiger partial charge in [0.25, 0.3) is 0 Å². The van der Waals surface area contributed by atoms with Crippen LogP contribution in [0.3, 0.4) is 0 Å². The van der Waals surface area contributed by atoms with E-state index in [-0.39, 0.29) is 10.8 Å². The summed E-state index contributed by atoms with van der Waals surface area (Å²) < 4.78 is 23.9. The summed E-state index contributed by atoms with van der Waals surface area (Å²) in [6, 6.07) is 3.62. The lowest BCUT2D eigenvalue weighted by atomic mass is 10.0. The third-order valence-electron chi connectivity index (χ3n) is 3.57. The second-order valence-corrected chi connectivity index (χ2v) is 7.13. The summed E-state index contributed by atoms with van der Waals surface area (Å²) in [4.78, 5) is 12.9. The summed E-state index contributed by atoms with van der Waals surface area (Å²) >= 11 is 0. The third kappa shape index (κ3) is 2.93. The van der Waals surface area contributed by atoms with Crippen LogP contribution in [0.15, 0.2) is 35.6 Å². The molecule has 21 heavy (non-hydrogen) atoms. The maximum atomic E-state index is 11.9. The van der Waals surface area contributed by atoms with Gasteiger partial charge < -0.3 is 5.32 Å². The second-order valence-electron chi connectivity index (χ2n) is 5.14. The minimum absolute atomic E-state index is 0.110. The predicted molar refractivity (Wildman–Crippen MR) is 78.6 cm³/mol. The van der Waals surface area contributed by atoms with Crippen LogP contribution in [0, 0.1) is 0 Å². The Bertz CT molecular complexity index is 741. The molecule has 1 N–H and O–H groups in total. The van der Waals surface area contributed by atoms with Crippen molar-refractivity contribution in [3.05, 3.63) is 36.4 Å². The molecule has 1 unspecified atom stereocenters. The Morgan fingerprint density at radius 2 is 2.05 bits per heavy atom. The molecule has 0 radical (unpaired) electrons. The van der Waals surface area contributed by atoms with Crippen molar-refractivity contribution in [3.8, 4) is 11.4 Å². The Balaban J connectivity index is 2.12. The number of hydrogen-bond donors (Lipinski definition) is 1. The molecule has 3 rings (SSSR count). The smallest absolute Gasteiger partial charge is 0.178 e. The fourth-order valence-electron chi connectivity index (χ4n) is 2.49. The van der Waals surface area contributed by atoms with E-state index in [1.165, 1.54) is 12.5 Å². The van der Waals surface area contributed by atoms with Gasteiger partial charge in [0.2, 0.25) is 0 Å². The van der Waals surface area contributed by atoms with Gasteiger partial charge in [-0.2, -0.15) is 0 Å². The Hall–Kier alpha value is -1.86. The van der Waals surface area contributed by atoms with Crippen LogP contribution in [0.25, 0.3) is 11.4 Å². The van der Waals surface area contributed by atoms with Crippen molar-refractivity contribution in [2.45, 2.75) is 17.2 Å². The van der Waals surface area contributed by atoms with Crippen molar-refractivity contribution in [3.63, 3.8) is 0 Å². The first-order valence-corrected chi connectivity index (χ1v) is 8.63. The number of rotatable bonds is 3. The van der Waals surface area contributed by atoms with Gasteiger partial charge in [0, 0.05) is 42.9 Å². The zero-order chi connectivity index (χ0) is 14.9. The van der Waals surface area contributed by atoms with Crippen molar-refractivity contribution in [2.75, 3.05) is 19.3 Å². The van der Waals surface area contributed by atoms with Crippen molar-refractivity contribution in [1.82, 2.24) is 20.3 Å². The monoisotopic (exact) mass is 304 g/mol. The lowest BCUT2D eigenvalue weighted by Crippen LogP contribution is -2.14. The number of sulfone groups is 1. The van der Waals surface area contributed by atoms with Gasteiger partial charge in [0.05, 0.1) is 5.69 Å². The minimum Gasteiger partial charge on any atom is -0.316 e. The number of hydrogen-bond acceptors (Lipinski definition) is 6. The molecule has 0 bridgehead atoms. The summed E-state index contributed by atoms with van der Waals surface area (Å²) in [6.07, 6.45) is 6.84. The van der Waals surface area contributed by atoms with Gasteiger partial charge in [-0.15, -0.1) is 0 Å². The normalized spacial score (nSPS) is 18.8. The first-order chi connectivity index (χ1) is 10.1. The quantitative estimate of drug-likeness (QED) is 0.911. The molecular weight excluding hydrogens is 288 g/mol. The molecule has 1 atom stereocenters. The highest BCUT2D eigenvalue weighted by molar-refractivity contribution is 7.90. The molecule has 0 amide bonds. The van der Waals surface area contributed by atoms with Crippen molar-refractivity contribution in [1.29, 1.82) is 0 Å². The molecule has 0 spiro atoms. The van der Waals surface area contributed by atoms with E-state index in [9.17, 15) is 8.42 Å². The van der Waals surface area contributed by atoms with E-state index in [0.717, 1.165) is 25.1 Å². The van der Waals surface area contributed by atoms with E-state index in [4.69, 9.17) is 0 Å². The highest BCUT2D eigenvalue weighted by Crippen LogP contribution is 2.28. The average Bonchev–Trinajstić information content (AvgIpc) is 3.01. The molecule has 1 saturated heterocycles. The van der Waals surface area contributed by atoms with Gasteiger partial charge in [-0.05, 0) is 25.1 Å². The van der Waals surface area contributed by atoms with Gasteiger partial charge >= 0.3 is 0 Å². The molecule has 0 aromatic carbocycles. The number of nitrogens with zero attached hydrogens (tertiary/aromatic N) is 3. The van der Waals surface area contributed by atoms with Gasteiger partial charge in [0.15, 0.2) is 15.7 Å². The van der Waals surface area contributed by atoms with E-state index in [1.54, 1.807) is 12.4 Å². The number of pyridine rings is 1. The lowest BCUT2D eigenvalue weighted by Gasteiger charge is -2.13. The van der Waals surface area contributed by atoms with Crippen molar-refractivity contribution >= 4 is 9.84 Å². The fourth-order valence-corrected chi connectivity index (χ4v) is 3.33. The zero-order valence-corrected chi connectivity index (χ0v) is 12.5. The molecule has 110 valence electrons. The van der Waals surface area contributed by atoms with E-state index < -0.39 is 9.84 Å². The molecule has 0 saturated carbocycles. The molecule has 2 aromatic rings. The maximum Gasteiger partial charge on any atom is 0.178 e. The Kier molecular flexibility index (Phi) is 3.69. The molecule has 6 nitrogen and oxygen atoms in total. The first-order valence-electron chi connectivity index (χ1n) is 6.74. The summed E-state index contributed by atoms with van der Waals surface area (Å²) in [5.41, 5.74) is 1.45. The molecule has 1 aliphatic rings. The van der Waals surface area contributed by atoms with E-state index in [1.807, 2.05) is 12.1 Å². The molecule has 0 aliphatic carbocycles. The van der Waals surface area contributed by atoms with E-state index in [2.05, 4.69) is 20.3 Å². The van der Waals surface area contributed by atoms with E-state index in [0.29, 0.717) is 11.5 Å². The molecular formula is C14H16N4O2S. The van der Waals surface area contributed by atoms with Crippen LogP contribution in [0.1, 0.15) is 18.0 Å². The molecule has 1 aliphatic heterocycles. The highest BCUT2D eigenvalue weighted by Gasteiger charge is 2.26. The minimum atomic E-state index is -3.33. The Morgan fingerprint density at radius 1 is 1.29 bits per heavy atom. The van der Waals surface area contributed by atoms with Crippen LogP contribution in [-0.4, -0.2) is 42.7 Å². The molecule has 3 heterocycles. The topological polar surface area (TPSA) is 84.8 Å². The number of nitrogens with one attached hydrogen (secondary N) is 1. The summed E-state index contributed by atoms with van der Waals surface area (Å²) in [7, 11) is -3.33. The summed E-state index contributed by atoms with van der Waals surface area (Å²) in [6.45, 7) is 1.62. The molecule has 1 fully saturated rings. The predicted octanol–water partition coefficient (Wildman–Crippen LogP) is 1.02. The van der Waals surface area contributed by atoms with Crippen LogP contribution in [0.5, 0.6) is 0 Å². The highest BCUT2D eigenvalue weighted by atomic mass is 32.2. The summed E-state index contributed by atoms with van der Waals surface area (Å²) in [5, 5.41) is 3.24. The Labute approximate surface area is 123 Å². The van der Waals surface area contributed by atoms with Crippen LogP contribution in [-0.2, 0) is 9.84 Å². The third-order valence-corrected chi connectivity index (χ3v) is 4.68. The largest absolute Gasteiger partial charge is 0.316 e. The average molecular weight is 304 g/mol. The van der Waals surface area contributed by atoms with Crippen LogP contribution in [0.2, 0.25) is 0 Å². The van der Waals surface area contributed by atoms with Crippen LogP contribution in [0.4, 0.5) is 0 Å². The number of aromatic nitrogens is 3. The first kappa shape index (κ1) is 14.1. The standard InChI is InChI=1S/C14H16N4O2S/c1-21(19,20)12-9-17-14(10-2-5-15-6-3-10)18-13(12)11-4-7-16-8-11/h2-3,5-6,9,11,16H,4,7-8H2,1H3. The van der Waals surface area contributed by atoms with Gasteiger partial charge in [0.1, 0.15) is 4.90 Å². The SMILES string of the molecule is CS(=O)(=O)c1cnc(-c2ccncc2)nc1C1CCNC1. The summed E-state index contributed by atoms with van der Waals surface area (Å²) in [5.74, 6) is 0.644. The molecule has 7 heteroatoms. The van der Waals surface area contributed by atoms with Crippen LogP contribution < -0.4 is 5.32 Å². The van der Waals surface area contributed by atoms with E-state index >= 15 is 0 Å². The zero-order valence-electron chi connectivity index (χ0n) is 11.7. The van der Waals surface area contributed by atoms with Gasteiger partial charge in [-0.1, -0.05) is 0 Å². The second kappa shape index (κ2) is 5.50. The lowest BCUT2D eigenvalue weighted by molar-refractivity contribution is 0.595. The van der Waals surface area contributed by atoms with Crippen LogP contribution >= 0.6 is 0 Å². The molecule has 2 aromatic heterocycles. The van der Waals surface area contributed by atoms with Gasteiger partial charge in [-0.3, -0.25) is 4.98 Å². The van der Waals surface area contributed by atoms with Crippen molar-refractivity contribution in [2.24, 2.45) is 0 Å². The fraction of sp³-hybridized carbons (Fsp3) is 0.357.